The maximum Gasteiger partial charge on any atom is 0.408 e. The highest BCUT2D eigenvalue weighted by Gasteiger charge is 2.43. The summed E-state index contributed by atoms with van der Waals surface area (Å²) in [6, 6.07) is 8.96. The van der Waals surface area contributed by atoms with Gasteiger partial charge >= 0.3 is 6.09 Å². The number of alkyl carbamates (subject to hydrolysis) is 1. The van der Waals surface area contributed by atoms with E-state index in [1.54, 1.807) is 90.9 Å². The summed E-state index contributed by atoms with van der Waals surface area (Å²) in [7, 11) is 1.52. The van der Waals surface area contributed by atoms with Crippen LogP contribution in [0.3, 0.4) is 0 Å². The van der Waals surface area contributed by atoms with Gasteiger partial charge in [-0.05, 0) is 84.7 Å². The van der Waals surface area contributed by atoms with Crippen LogP contribution in [0.1, 0.15) is 71.6 Å². The highest BCUT2D eigenvalue weighted by atomic mass is 16.6. The van der Waals surface area contributed by atoms with Gasteiger partial charge in [-0.3, -0.25) is 14.4 Å². The topological polar surface area (TPSA) is 160 Å². The number of benzene rings is 2. The Morgan fingerprint density at radius 1 is 1.00 bits per heavy atom. The third-order valence-electron chi connectivity index (χ3n) is 6.06. The largest absolute Gasteiger partial charge is 0.507 e. The normalized spacial score (nSPS) is 13.0. The van der Waals surface area contributed by atoms with Crippen LogP contribution < -0.4 is 21.1 Å². The number of hydrogen-bond donors (Lipinski definition) is 4. The van der Waals surface area contributed by atoms with E-state index >= 15 is 0 Å². The second-order valence-corrected chi connectivity index (χ2v) is 11.7. The molecule has 0 aromatic heterocycles. The summed E-state index contributed by atoms with van der Waals surface area (Å²) < 4.78 is 10.5. The number of para-hydroxylation sites is 1. The highest BCUT2D eigenvalue weighted by molar-refractivity contribution is 5.99. The number of nitrogens with two attached hydrogens (primary N) is 1. The van der Waals surface area contributed by atoms with Gasteiger partial charge in [-0.2, -0.15) is 0 Å². The third kappa shape index (κ3) is 9.40. The minimum Gasteiger partial charge on any atom is -0.507 e. The number of nitrogens with zero attached hydrogens (tertiary/aromatic N) is 1. The Bertz CT molecular complexity index is 1250. The number of hydrogen-bond acceptors (Lipinski definition) is 7. The molecule has 0 fully saturated rings. The molecule has 0 heterocycles. The molecule has 0 aliphatic carbocycles. The van der Waals surface area contributed by atoms with E-state index in [-0.39, 0.29) is 24.2 Å². The molecule has 4 amide bonds. The fourth-order valence-electron chi connectivity index (χ4n) is 4.19. The summed E-state index contributed by atoms with van der Waals surface area (Å²) in [5.41, 5.74) is 4.64. The van der Waals surface area contributed by atoms with Crippen molar-refractivity contribution in [3.05, 3.63) is 53.6 Å². The molecule has 2 unspecified atom stereocenters. The second kappa shape index (κ2) is 13.4. The lowest BCUT2D eigenvalue weighted by Crippen LogP contribution is -2.58. The summed E-state index contributed by atoms with van der Waals surface area (Å²) in [5, 5.41) is 16.4. The number of nitrogens with one attached hydrogen (secondary N) is 2. The van der Waals surface area contributed by atoms with Crippen LogP contribution in [-0.4, -0.2) is 58.1 Å². The number of ether oxygens (including phenoxy) is 2. The summed E-state index contributed by atoms with van der Waals surface area (Å²) in [5.74, 6) is -1.50. The molecule has 2 atom stereocenters. The van der Waals surface area contributed by atoms with Crippen molar-refractivity contribution < 1.29 is 33.8 Å². The molecule has 5 N–H and O–H groups in total. The molecule has 2 aromatic carbocycles. The van der Waals surface area contributed by atoms with Gasteiger partial charge in [-0.1, -0.05) is 18.2 Å². The lowest BCUT2D eigenvalue weighted by atomic mass is 9.93. The lowest BCUT2D eigenvalue weighted by molar-refractivity contribution is -0.147. The van der Waals surface area contributed by atoms with Gasteiger partial charge < -0.3 is 35.8 Å². The number of methoxy groups -OCH3 is 1. The number of phenols is 1. The Morgan fingerprint density at radius 3 is 2.12 bits per heavy atom. The van der Waals surface area contributed by atoms with Gasteiger partial charge in [0.1, 0.15) is 29.2 Å². The van der Waals surface area contributed by atoms with E-state index in [4.69, 9.17) is 15.2 Å². The van der Waals surface area contributed by atoms with E-state index in [2.05, 4.69) is 10.6 Å². The van der Waals surface area contributed by atoms with Crippen molar-refractivity contribution in [3.8, 4) is 11.5 Å². The van der Waals surface area contributed by atoms with Gasteiger partial charge in [0.05, 0.1) is 7.11 Å². The molecule has 0 aliphatic rings. The van der Waals surface area contributed by atoms with Gasteiger partial charge in [0.15, 0.2) is 0 Å². The highest BCUT2D eigenvalue weighted by Crippen LogP contribution is 2.37. The maximum atomic E-state index is 14.3. The van der Waals surface area contributed by atoms with E-state index in [1.807, 2.05) is 0 Å². The molecule has 2 rings (SSSR count). The van der Waals surface area contributed by atoms with Crippen LogP contribution in [0.2, 0.25) is 0 Å². The molecule has 0 spiro atoms. The van der Waals surface area contributed by atoms with Gasteiger partial charge in [0.25, 0.3) is 5.91 Å². The molecule has 2 aromatic rings. The molecule has 0 bridgehead atoms. The first-order chi connectivity index (χ1) is 18.9. The Hall–Kier alpha value is -4.28. The standard InChI is InChI=1S/C30H42N4O7/c1-18-10-9-11-21(25(18)36)24(26(37)32-19-12-14-20(40-8)15-13-19)34(29(2,3)4)27(38)22(16-17-23(31)35)33-28(39)41-30(5,6)7/h9-15,22,24,36H,16-17H2,1-8H3,(H2,31,35)(H,32,37)(H,33,39). The predicted molar refractivity (Wildman–Crippen MR) is 155 cm³/mol. The van der Waals surface area contributed by atoms with Crippen molar-refractivity contribution in [2.45, 2.75) is 84.5 Å². The van der Waals surface area contributed by atoms with Gasteiger partial charge in [-0.15, -0.1) is 0 Å². The molecule has 0 aliphatic heterocycles. The maximum absolute atomic E-state index is 14.3. The minimum absolute atomic E-state index is 0.132. The van der Waals surface area contributed by atoms with E-state index in [0.29, 0.717) is 17.0 Å². The van der Waals surface area contributed by atoms with E-state index < -0.39 is 47.0 Å². The predicted octanol–water partition coefficient (Wildman–Crippen LogP) is 4.17. The first kappa shape index (κ1) is 32.9. The van der Waals surface area contributed by atoms with E-state index in [9.17, 15) is 24.3 Å². The fourth-order valence-corrected chi connectivity index (χ4v) is 4.19. The second-order valence-electron chi connectivity index (χ2n) is 11.7. The Kier molecular flexibility index (Phi) is 10.7. The summed E-state index contributed by atoms with van der Waals surface area (Å²) in [6.45, 7) is 11.9. The molecular weight excluding hydrogens is 528 g/mol. The van der Waals surface area contributed by atoms with Crippen molar-refractivity contribution in [1.29, 1.82) is 0 Å². The number of carbonyl (C=O) groups is 4. The number of rotatable bonds is 10. The van der Waals surface area contributed by atoms with Crippen LogP contribution in [0.5, 0.6) is 11.5 Å². The van der Waals surface area contributed by atoms with Crippen LogP contribution in [0.25, 0.3) is 0 Å². The molecule has 41 heavy (non-hydrogen) atoms. The lowest BCUT2D eigenvalue weighted by Gasteiger charge is -2.43. The quantitative estimate of drug-likeness (QED) is 0.333. The molecule has 0 saturated heterocycles. The molecule has 224 valence electrons. The van der Waals surface area contributed by atoms with Gasteiger partial charge in [0.2, 0.25) is 11.8 Å². The van der Waals surface area contributed by atoms with E-state index in [1.165, 1.54) is 12.0 Å². The Balaban J connectivity index is 2.64. The number of carbonyl (C=O) groups excluding carboxylic acids is 4. The number of primary amides is 1. The van der Waals surface area contributed by atoms with Crippen molar-refractivity contribution in [1.82, 2.24) is 10.2 Å². The number of aromatic hydroxyl groups is 1. The molecule has 0 radical (unpaired) electrons. The first-order valence-electron chi connectivity index (χ1n) is 13.3. The monoisotopic (exact) mass is 570 g/mol. The number of aryl methyl sites for hydroxylation is 1. The summed E-state index contributed by atoms with van der Waals surface area (Å²) in [6.07, 6.45) is -1.21. The van der Waals surface area contributed by atoms with Crippen molar-refractivity contribution in [2.24, 2.45) is 5.73 Å². The SMILES string of the molecule is COc1ccc(NC(=O)C(c2cccc(C)c2O)N(C(=O)C(CCC(N)=O)NC(=O)OC(C)(C)C)C(C)(C)C)cc1. The summed E-state index contributed by atoms with van der Waals surface area (Å²) >= 11 is 0. The van der Waals surface area contributed by atoms with Crippen LogP contribution >= 0.6 is 0 Å². The number of amides is 4. The first-order valence-corrected chi connectivity index (χ1v) is 13.3. The number of anilines is 1. The van der Waals surface area contributed by atoms with Gasteiger partial charge in [0, 0.05) is 23.2 Å². The van der Waals surface area contributed by atoms with Crippen molar-refractivity contribution in [3.63, 3.8) is 0 Å². The fraction of sp³-hybridized carbons (Fsp3) is 0.467. The third-order valence-corrected chi connectivity index (χ3v) is 6.06. The zero-order chi connectivity index (χ0) is 31.1. The average Bonchev–Trinajstić information content (AvgIpc) is 2.85. The zero-order valence-electron chi connectivity index (χ0n) is 25.0. The Morgan fingerprint density at radius 2 is 1.61 bits per heavy atom. The summed E-state index contributed by atoms with van der Waals surface area (Å²) in [4.78, 5) is 53.9. The Labute approximate surface area is 241 Å². The van der Waals surface area contributed by atoms with Gasteiger partial charge in [-0.25, -0.2) is 4.79 Å². The molecule has 11 heteroatoms. The van der Waals surface area contributed by atoms with Crippen LogP contribution in [-0.2, 0) is 19.1 Å². The average molecular weight is 571 g/mol. The van der Waals surface area contributed by atoms with Crippen LogP contribution in [0.4, 0.5) is 10.5 Å². The minimum atomic E-state index is -1.33. The van der Waals surface area contributed by atoms with Crippen molar-refractivity contribution >= 4 is 29.5 Å². The number of phenolic OH excluding ortho intramolecular Hbond substituents is 1. The molecule has 11 nitrogen and oxygen atoms in total. The zero-order valence-corrected chi connectivity index (χ0v) is 25.0. The van der Waals surface area contributed by atoms with Crippen LogP contribution in [0.15, 0.2) is 42.5 Å². The molecular formula is C30H42N4O7. The van der Waals surface area contributed by atoms with Crippen LogP contribution in [0, 0.1) is 6.92 Å². The van der Waals surface area contributed by atoms with Crippen molar-refractivity contribution in [2.75, 3.05) is 12.4 Å². The molecule has 0 saturated carbocycles. The van der Waals surface area contributed by atoms with E-state index in [0.717, 1.165) is 0 Å². The smallest absolute Gasteiger partial charge is 0.408 e.